The standard InChI is InChI=1S/C50H57N11O7/c1-32-26-36(58-23-20-49(2,29-58)33-10-5-3-6-11-33)28-61-45(32)56-44(57-61)47(66)60-25-22-50(31-60)21-24-59(30-50)39-18-16-37(43(54-39)48(67)68)53-41(63)15-8-4-7-14-40(62)52-35-13-9-12-34(27-35)51-38-17-19-42(64)55-46(38)65/h3,5-6,9-13,16,18,26-28,38,51H,4,7-8,14-15,17,19-25,29-31H2,1-2H3,(H,52,62)(H,53,63)(H,67,68)(H,55,64,65)/t38?,49-,50+/m0/s1. The van der Waals surface area contributed by atoms with Crippen molar-refractivity contribution in [1.82, 2.24) is 29.8 Å². The molecule has 4 fully saturated rings. The van der Waals surface area contributed by atoms with E-state index in [1.54, 1.807) is 40.9 Å². The number of hydrogen-bond donors (Lipinski definition) is 5. The Balaban J connectivity index is 0.735. The molecule has 5 amide bonds. The van der Waals surface area contributed by atoms with Crippen LogP contribution >= 0.6 is 0 Å². The second-order valence-corrected chi connectivity index (χ2v) is 19.1. The number of aromatic carboxylic acids is 1. The SMILES string of the molecule is Cc1cc(N2CC[C@](C)(c3ccccc3)C2)cn2nc(C(=O)N3CC[C@@]4(CCN(c5ccc(NC(=O)CCCCCC(=O)Nc6cccc(NC7CCC(=O)NC7=O)c6)c(C(=O)O)n5)C4)C3)nc12. The number of fused-ring (bicyclic) bond motifs is 1. The Morgan fingerprint density at radius 2 is 1.56 bits per heavy atom. The quantitative estimate of drug-likeness (QED) is 0.0621. The van der Waals surface area contributed by atoms with Crippen LogP contribution in [0.3, 0.4) is 0 Å². The number of aromatic nitrogens is 4. The molecule has 9 rings (SSSR count). The van der Waals surface area contributed by atoms with Crippen molar-refractivity contribution in [2.24, 2.45) is 5.41 Å². The van der Waals surface area contributed by atoms with Gasteiger partial charge in [0.25, 0.3) is 5.91 Å². The van der Waals surface area contributed by atoms with Gasteiger partial charge in [-0.25, -0.2) is 19.3 Å². The van der Waals surface area contributed by atoms with Crippen LogP contribution in [0.5, 0.6) is 0 Å². The normalized spacial score (nSPS) is 21.4. The molecule has 0 bridgehead atoms. The van der Waals surface area contributed by atoms with Gasteiger partial charge in [-0.2, -0.15) is 0 Å². The summed E-state index contributed by atoms with van der Waals surface area (Å²) in [6.45, 7) is 8.44. The largest absolute Gasteiger partial charge is 0.476 e. The van der Waals surface area contributed by atoms with Crippen molar-refractivity contribution < 1.29 is 33.9 Å². The molecule has 4 aliphatic rings. The number of aryl methyl sites for hydroxylation is 1. The summed E-state index contributed by atoms with van der Waals surface area (Å²) < 4.78 is 1.73. The van der Waals surface area contributed by atoms with Gasteiger partial charge in [0.2, 0.25) is 29.5 Å². The molecule has 1 spiro atoms. The molecular weight excluding hydrogens is 867 g/mol. The Bertz CT molecular complexity index is 2780. The summed E-state index contributed by atoms with van der Waals surface area (Å²) in [5, 5.41) is 25.8. The van der Waals surface area contributed by atoms with Crippen LogP contribution in [0.25, 0.3) is 5.65 Å². The van der Waals surface area contributed by atoms with Crippen molar-refractivity contribution in [1.29, 1.82) is 0 Å². The highest BCUT2D eigenvalue weighted by Crippen LogP contribution is 2.42. The zero-order chi connectivity index (χ0) is 47.6. The molecule has 3 atom stereocenters. The number of carbonyl (C=O) groups excluding carboxylic acids is 5. The lowest BCUT2D eigenvalue weighted by molar-refractivity contribution is -0.133. The van der Waals surface area contributed by atoms with E-state index in [2.05, 4.69) is 68.4 Å². The number of nitrogens with one attached hydrogen (secondary N) is 4. The van der Waals surface area contributed by atoms with Crippen molar-refractivity contribution in [2.45, 2.75) is 89.5 Å². The number of anilines is 5. The smallest absolute Gasteiger partial charge is 0.356 e. The fourth-order valence-corrected chi connectivity index (χ4v) is 10.2. The van der Waals surface area contributed by atoms with E-state index in [-0.39, 0.29) is 76.8 Å². The van der Waals surface area contributed by atoms with Crippen LogP contribution < -0.4 is 31.1 Å². The molecule has 2 aromatic carbocycles. The second-order valence-electron chi connectivity index (χ2n) is 19.1. The molecule has 18 nitrogen and oxygen atoms in total. The highest BCUT2D eigenvalue weighted by molar-refractivity contribution is 6.02. The van der Waals surface area contributed by atoms with Gasteiger partial charge in [0.05, 0.1) is 17.6 Å². The molecule has 0 aliphatic carbocycles. The minimum absolute atomic E-state index is 0.0410. The van der Waals surface area contributed by atoms with Gasteiger partial charge < -0.3 is 35.8 Å². The van der Waals surface area contributed by atoms with Crippen LogP contribution in [0.2, 0.25) is 0 Å². The lowest BCUT2D eigenvalue weighted by Crippen LogP contribution is -2.47. The van der Waals surface area contributed by atoms with Crippen LogP contribution in [-0.4, -0.2) is 110 Å². The zero-order valence-corrected chi connectivity index (χ0v) is 38.4. The summed E-state index contributed by atoms with van der Waals surface area (Å²) in [5.41, 5.74) is 4.90. The number of benzene rings is 2. The van der Waals surface area contributed by atoms with E-state index in [0.29, 0.717) is 74.7 Å². The molecule has 7 heterocycles. The minimum atomic E-state index is -1.26. The topological polar surface area (TPSA) is 224 Å². The molecule has 4 saturated heterocycles. The van der Waals surface area contributed by atoms with E-state index in [4.69, 9.17) is 10.1 Å². The fraction of sp³-hybridized carbons (Fsp3) is 0.420. The third kappa shape index (κ3) is 9.99. The van der Waals surface area contributed by atoms with Gasteiger partial charge in [-0.05, 0) is 93.0 Å². The van der Waals surface area contributed by atoms with E-state index in [0.717, 1.165) is 43.6 Å². The highest BCUT2D eigenvalue weighted by Gasteiger charge is 2.46. The summed E-state index contributed by atoms with van der Waals surface area (Å²) in [6.07, 6.45) is 7.25. The van der Waals surface area contributed by atoms with Crippen molar-refractivity contribution >= 4 is 69.7 Å². The number of pyridine rings is 2. The molecule has 68 heavy (non-hydrogen) atoms. The lowest BCUT2D eigenvalue weighted by atomic mass is 9.82. The van der Waals surface area contributed by atoms with Gasteiger partial charge >= 0.3 is 5.97 Å². The summed E-state index contributed by atoms with van der Waals surface area (Å²) in [4.78, 5) is 90.9. The molecule has 5 N–H and O–H groups in total. The summed E-state index contributed by atoms with van der Waals surface area (Å²) in [5.74, 6) is -2.02. The Kier molecular flexibility index (Phi) is 12.8. The zero-order valence-electron chi connectivity index (χ0n) is 38.4. The number of likely N-dealkylation sites (tertiary alicyclic amines) is 1. The summed E-state index contributed by atoms with van der Waals surface area (Å²) in [6, 6.07) is 22.5. The lowest BCUT2D eigenvalue weighted by Gasteiger charge is -2.26. The Morgan fingerprint density at radius 1 is 0.809 bits per heavy atom. The van der Waals surface area contributed by atoms with Gasteiger partial charge in [0.1, 0.15) is 11.9 Å². The predicted octanol–water partition coefficient (Wildman–Crippen LogP) is 5.79. The first-order valence-corrected chi connectivity index (χ1v) is 23.5. The van der Waals surface area contributed by atoms with E-state index < -0.39 is 12.0 Å². The number of piperidine rings is 1. The first-order valence-electron chi connectivity index (χ1n) is 23.5. The monoisotopic (exact) mass is 923 g/mol. The maximum atomic E-state index is 13.9. The molecule has 3 aromatic heterocycles. The molecule has 0 saturated carbocycles. The number of amides is 5. The van der Waals surface area contributed by atoms with Crippen molar-refractivity contribution in [3.05, 3.63) is 102 Å². The maximum absolute atomic E-state index is 13.9. The third-order valence-corrected chi connectivity index (χ3v) is 14.0. The number of imide groups is 1. The van der Waals surface area contributed by atoms with E-state index in [1.807, 2.05) is 29.0 Å². The van der Waals surface area contributed by atoms with Gasteiger partial charge in [-0.3, -0.25) is 29.3 Å². The van der Waals surface area contributed by atoms with Gasteiger partial charge in [-0.15, -0.1) is 5.10 Å². The molecule has 1 unspecified atom stereocenters. The summed E-state index contributed by atoms with van der Waals surface area (Å²) >= 11 is 0. The van der Waals surface area contributed by atoms with Gasteiger partial charge in [-0.1, -0.05) is 49.7 Å². The van der Waals surface area contributed by atoms with Crippen LogP contribution in [-0.2, 0) is 24.6 Å². The van der Waals surface area contributed by atoms with Crippen LogP contribution in [0.15, 0.2) is 79.0 Å². The van der Waals surface area contributed by atoms with Gasteiger partial charge in [0, 0.05) is 80.7 Å². The highest BCUT2D eigenvalue weighted by atomic mass is 16.4. The maximum Gasteiger partial charge on any atom is 0.356 e. The molecule has 354 valence electrons. The number of nitrogens with zero attached hydrogens (tertiary/aromatic N) is 7. The Hall–Kier alpha value is -7.37. The van der Waals surface area contributed by atoms with Crippen LogP contribution in [0, 0.1) is 12.3 Å². The Labute approximate surface area is 393 Å². The molecule has 18 heteroatoms. The number of unbranched alkanes of at least 4 members (excludes halogenated alkanes) is 2. The Morgan fingerprint density at radius 3 is 2.34 bits per heavy atom. The average molecular weight is 924 g/mol. The summed E-state index contributed by atoms with van der Waals surface area (Å²) in [7, 11) is 0. The van der Waals surface area contributed by atoms with E-state index in [9.17, 15) is 33.9 Å². The predicted molar refractivity (Wildman–Crippen MR) is 256 cm³/mol. The number of carboxylic acid groups (broad SMARTS) is 1. The molecular formula is C50H57N11O7. The van der Waals surface area contributed by atoms with Crippen LogP contribution in [0.4, 0.5) is 28.6 Å². The number of carboxylic acids is 1. The minimum Gasteiger partial charge on any atom is -0.476 e. The second kappa shape index (κ2) is 19.1. The number of rotatable bonds is 15. The van der Waals surface area contributed by atoms with Gasteiger partial charge in [0.15, 0.2) is 11.3 Å². The van der Waals surface area contributed by atoms with Crippen molar-refractivity contribution in [3.8, 4) is 0 Å². The number of carbonyl (C=O) groups is 6. The fourth-order valence-electron chi connectivity index (χ4n) is 10.2. The molecule has 5 aromatic rings. The van der Waals surface area contributed by atoms with Crippen molar-refractivity contribution in [3.63, 3.8) is 0 Å². The molecule has 0 radical (unpaired) electrons. The van der Waals surface area contributed by atoms with E-state index in [1.165, 1.54) is 5.56 Å². The number of hydrogen-bond acceptors (Lipinski definition) is 12. The molecule has 4 aliphatic heterocycles. The van der Waals surface area contributed by atoms with Crippen LogP contribution in [0.1, 0.15) is 103 Å². The first kappa shape index (κ1) is 45.8. The first-order chi connectivity index (χ1) is 32.7. The van der Waals surface area contributed by atoms with E-state index >= 15 is 0 Å². The average Bonchev–Trinajstić information content (AvgIpc) is 4.15. The third-order valence-electron chi connectivity index (χ3n) is 14.0. The van der Waals surface area contributed by atoms with Crippen molar-refractivity contribution in [2.75, 3.05) is 65.0 Å².